The first-order chi connectivity index (χ1) is 8.85. The molecule has 2 rings (SSSR count). The average molecular weight is 373 g/mol. The van der Waals surface area contributed by atoms with Gasteiger partial charge in [-0.25, -0.2) is 0 Å². The second-order valence-electron chi connectivity index (χ2n) is 5.17. The number of benzene rings is 1. The van der Waals surface area contributed by atoms with E-state index in [1.807, 2.05) is 19.9 Å². The number of nitrogens with zero attached hydrogens (tertiary/aromatic N) is 1. The summed E-state index contributed by atoms with van der Waals surface area (Å²) in [5.74, 6) is -0.409. The maximum atomic E-state index is 12.2. The topological polar surface area (TPSA) is 46.6 Å². The van der Waals surface area contributed by atoms with Gasteiger partial charge in [0.05, 0.1) is 16.7 Å². The molecule has 102 valence electrons. The quantitative estimate of drug-likeness (QED) is 0.602. The van der Waals surface area contributed by atoms with Crippen LogP contribution in [-0.2, 0) is 4.74 Å². The summed E-state index contributed by atoms with van der Waals surface area (Å²) >= 11 is 2.14. The third-order valence-corrected chi connectivity index (χ3v) is 4.09. The van der Waals surface area contributed by atoms with Crippen molar-refractivity contribution in [3.8, 4) is 0 Å². The maximum Gasteiger partial charge on any atom is 0.261 e. The molecule has 1 aliphatic heterocycles. The Bertz CT molecular complexity index is 539. The Kier molecular flexibility index (Phi) is 3.96. The highest BCUT2D eigenvalue weighted by molar-refractivity contribution is 14.1. The molecule has 0 aliphatic carbocycles. The molecular weight excluding hydrogens is 357 g/mol. The molecule has 0 saturated heterocycles. The van der Waals surface area contributed by atoms with E-state index in [1.165, 1.54) is 4.90 Å². The van der Waals surface area contributed by atoms with Crippen molar-refractivity contribution in [3.63, 3.8) is 0 Å². The number of hydrogen-bond donors (Lipinski definition) is 0. The maximum absolute atomic E-state index is 12.2. The predicted molar refractivity (Wildman–Crippen MR) is 80.2 cm³/mol. The van der Waals surface area contributed by atoms with E-state index in [0.717, 1.165) is 3.57 Å². The number of imide groups is 1. The van der Waals surface area contributed by atoms with Crippen LogP contribution in [0, 0.1) is 3.57 Å². The van der Waals surface area contributed by atoms with Crippen LogP contribution in [0.15, 0.2) is 18.2 Å². The SMILES string of the molecule is COC(C)(C)CCN1C(=O)c2ccc(I)cc2C1=O. The number of rotatable bonds is 4. The van der Waals surface area contributed by atoms with Gasteiger partial charge in [0.2, 0.25) is 0 Å². The lowest BCUT2D eigenvalue weighted by Crippen LogP contribution is -2.35. The molecule has 2 amide bonds. The zero-order valence-electron chi connectivity index (χ0n) is 11.2. The Morgan fingerprint density at radius 2 is 1.84 bits per heavy atom. The first kappa shape index (κ1) is 14.5. The molecule has 0 bridgehead atoms. The van der Waals surface area contributed by atoms with Crippen LogP contribution in [0.25, 0.3) is 0 Å². The average Bonchev–Trinajstić information content (AvgIpc) is 2.60. The van der Waals surface area contributed by atoms with E-state index in [-0.39, 0.29) is 17.4 Å². The van der Waals surface area contributed by atoms with Crippen LogP contribution in [0.4, 0.5) is 0 Å². The van der Waals surface area contributed by atoms with Gasteiger partial charge in [-0.2, -0.15) is 0 Å². The summed E-state index contributed by atoms with van der Waals surface area (Å²) in [6.07, 6.45) is 0.617. The van der Waals surface area contributed by atoms with Crippen LogP contribution < -0.4 is 0 Å². The van der Waals surface area contributed by atoms with Crippen LogP contribution >= 0.6 is 22.6 Å². The summed E-state index contributed by atoms with van der Waals surface area (Å²) in [6, 6.07) is 5.32. The highest BCUT2D eigenvalue weighted by atomic mass is 127. The first-order valence-corrected chi connectivity index (χ1v) is 7.14. The second kappa shape index (κ2) is 5.20. The molecule has 0 spiro atoms. The van der Waals surface area contributed by atoms with E-state index in [2.05, 4.69) is 22.6 Å². The van der Waals surface area contributed by atoms with Crippen molar-refractivity contribution < 1.29 is 14.3 Å². The molecule has 1 aromatic carbocycles. The molecule has 0 atom stereocenters. The van der Waals surface area contributed by atoms with Crippen molar-refractivity contribution in [1.82, 2.24) is 4.90 Å². The van der Waals surface area contributed by atoms with Gasteiger partial charge in [-0.15, -0.1) is 0 Å². The summed E-state index contributed by atoms with van der Waals surface area (Å²) in [4.78, 5) is 25.7. The van der Waals surface area contributed by atoms with Crippen LogP contribution in [-0.4, -0.2) is 36.0 Å². The minimum Gasteiger partial charge on any atom is -0.379 e. The number of fused-ring (bicyclic) bond motifs is 1. The fraction of sp³-hybridized carbons (Fsp3) is 0.429. The zero-order valence-corrected chi connectivity index (χ0v) is 13.4. The zero-order chi connectivity index (χ0) is 14.2. The van der Waals surface area contributed by atoms with E-state index in [9.17, 15) is 9.59 Å². The largest absolute Gasteiger partial charge is 0.379 e. The second-order valence-corrected chi connectivity index (χ2v) is 6.41. The van der Waals surface area contributed by atoms with Gasteiger partial charge in [0.15, 0.2) is 0 Å². The van der Waals surface area contributed by atoms with Crippen molar-refractivity contribution in [1.29, 1.82) is 0 Å². The number of halogens is 1. The Morgan fingerprint density at radius 3 is 2.47 bits per heavy atom. The van der Waals surface area contributed by atoms with E-state index in [0.29, 0.717) is 24.1 Å². The molecule has 0 aromatic heterocycles. The van der Waals surface area contributed by atoms with Crippen molar-refractivity contribution in [2.24, 2.45) is 0 Å². The molecule has 19 heavy (non-hydrogen) atoms. The Hall–Kier alpha value is -0.950. The fourth-order valence-corrected chi connectivity index (χ4v) is 2.44. The van der Waals surface area contributed by atoms with Gasteiger partial charge in [-0.3, -0.25) is 14.5 Å². The highest BCUT2D eigenvalue weighted by Gasteiger charge is 2.36. The molecule has 0 unspecified atom stereocenters. The van der Waals surface area contributed by atoms with Crippen LogP contribution in [0.3, 0.4) is 0 Å². The minimum absolute atomic E-state index is 0.203. The van der Waals surface area contributed by atoms with Gasteiger partial charge < -0.3 is 4.74 Å². The number of methoxy groups -OCH3 is 1. The molecular formula is C14H16INO3. The summed E-state index contributed by atoms with van der Waals surface area (Å²) in [5.41, 5.74) is 0.664. The molecule has 4 nitrogen and oxygen atoms in total. The molecule has 0 radical (unpaired) electrons. The number of carbonyl (C=O) groups excluding carboxylic acids is 2. The first-order valence-electron chi connectivity index (χ1n) is 6.06. The third-order valence-electron chi connectivity index (χ3n) is 3.42. The summed E-state index contributed by atoms with van der Waals surface area (Å²) in [5, 5.41) is 0. The fourth-order valence-electron chi connectivity index (χ4n) is 1.95. The van der Waals surface area contributed by atoms with Crippen molar-refractivity contribution in [3.05, 3.63) is 32.9 Å². The van der Waals surface area contributed by atoms with E-state index >= 15 is 0 Å². The molecule has 0 saturated carbocycles. The van der Waals surface area contributed by atoms with Crippen LogP contribution in [0.5, 0.6) is 0 Å². The molecule has 1 aromatic rings. The molecule has 1 heterocycles. The Morgan fingerprint density at radius 1 is 1.21 bits per heavy atom. The normalized spacial score (nSPS) is 15.1. The number of carbonyl (C=O) groups is 2. The van der Waals surface area contributed by atoms with Gasteiger partial charge >= 0.3 is 0 Å². The summed E-state index contributed by atoms with van der Waals surface area (Å²) in [6.45, 7) is 4.26. The van der Waals surface area contributed by atoms with Crippen molar-refractivity contribution in [2.45, 2.75) is 25.9 Å². The highest BCUT2D eigenvalue weighted by Crippen LogP contribution is 2.26. The van der Waals surface area contributed by atoms with Crippen LogP contribution in [0.2, 0.25) is 0 Å². The Balaban J connectivity index is 2.19. The van der Waals surface area contributed by atoms with Crippen molar-refractivity contribution >= 4 is 34.4 Å². The lowest BCUT2D eigenvalue weighted by Gasteiger charge is -2.25. The molecule has 1 aliphatic rings. The number of hydrogen-bond acceptors (Lipinski definition) is 3. The molecule has 0 N–H and O–H groups in total. The molecule has 5 heteroatoms. The van der Waals surface area contributed by atoms with Gasteiger partial charge in [0, 0.05) is 17.2 Å². The van der Waals surface area contributed by atoms with Crippen LogP contribution in [0.1, 0.15) is 41.0 Å². The third kappa shape index (κ3) is 2.81. The van der Waals surface area contributed by atoms with E-state index in [1.54, 1.807) is 19.2 Å². The Labute approximate surface area is 126 Å². The standard InChI is InChI=1S/C14H16INO3/c1-14(2,19-3)6-7-16-12(17)10-5-4-9(15)8-11(10)13(16)18/h4-5,8H,6-7H2,1-3H3. The van der Waals surface area contributed by atoms with Gasteiger partial charge in [0.1, 0.15) is 0 Å². The van der Waals surface area contributed by atoms with Gasteiger partial charge in [-0.05, 0) is 61.1 Å². The lowest BCUT2D eigenvalue weighted by molar-refractivity contribution is 0.00911. The van der Waals surface area contributed by atoms with Crippen molar-refractivity contribution in [2.75, 3.05) is 13.7 Å². The summed E-state index contributed by atoms with van der Waals surface area (Å²) < 4.78 is 6.27. The summed E-state index contributed by atoms with van der Waals surface area (Å²) in [7, 11) is 1.63. The number of amides is 2. The molecule has 0 fully saturated rings. The predicted octanol–water partition coefficient (Wildman–Crippen LogP) is 2.70. The van der Waals surface area contributed by atoms with E-state index in [4.69, 9.17) is 4.74 Å². The van der Waals surface area contributed by atoms with Gasteiger partial charge in [0.25, 0.3) is 11.8 Å². The van der Waals surface area contributed by atoms with Gasteiger partial charge in [-0.1, -0.05) is 0 Å². The number of ether oxygens (including phenoxy) is 1. The lowest BCUT2D eigenvalue weighted by atomic mass is 10.1. The smallest absolute Gasteiger partial charge is 0.261 e. The monoisotopic (exact) mass is 373 g/mol. The van der Waals surface area contributed by atoms with E-state index < -0.39 is 0 Å². The minimum atomic E-state index is -0.343.